The highest BCUT2D eigenvalue weighted by molar-refractivity contribution is 7.80. The Morgan fingerprint density at radius 1 is 1.27 bits per heavy atom. The first-order chi connectivity index (χ1) is 12.3. The quantitative estimate of drug-likeness (QED) is 0.577. The smallest absolute Gasteiger partial charge is 0.177 e. The fraction of sp³-hybridized carbons (Fsp3) is 0.250. The number of nitrogens with one attached hydrogen (secondary N) is 1. The molecule has 0 aliphatic rings. The van der Waals surface area contributed by atoms with Gasteiger partial charge in [-0.2, -0.15) is 0 Å². The van der Waals surface area contributed by atoms with Gasteiger partial charge in [-0.1, -0.05) is 19.6 Å². The molecule has 2 rings (SSSR count). The van der Waals surface area contributed by atoms with Crippen molar-refractivity contribution in [1.82, 2.24) is 5.32 Å². The van der Waals surface area contributed by atoms with E-state index in [1.807, 2.05) is 39.0 Å². The molecule has 0 heterocycles. The van der Waals surface area contributed by atoms with Crippen molar-refractivity contribution in [2.75, 3.05) is 11.9 Å². The van der Waals surface area contributed by atoms with E-state index in [2.05, 4.69) is 17.1 Å². The van der Waals surface area contributed by atoms with Gasteiger partial charge in [0.2, 0.25) is 0 Å². The number of hydrogen-bond acceptors (Lipinski definition) is 4. The van der Waals surface area contributed by atoms with Crippen molar-refractivity contribution >= 4 is 34.4 Å². The molecular weight excluding hydrogens is 346 g/mol. The molecule has 0 amide bonds. The molecule has 0 atom stereocenters. The van der Waals surface area contributed by atoms with Gasteiger partial charge >= 0.3 is 0 Å². The molecule has 0 aliphatic heterocycles. The number of phenolic OH excluding ortho intramolecular Hbond substituents is 1. The Morgan fingerprint density at radius 3 is 2.50 bits per heavy atom. The first-order valence-electron chi connectivity index (χ1n) is 8.31. The fourth-order valence-electron chi connectivity index (χ4n) is 2.71. The molecule has 0 fully saturated rings. The van der Waals surface area contributed by atoms with Gasteiger partial charge in [0.05, 0.1) is 5.70 Å². The van der Waals surface area contributed by atoms with Crippen molar-refractivity contribution in [3.05, 3.63) is 64.1 Å². The summed E-state index contributed by atoms with van der Waals surface area (Å²) in [5.74, 6) is -0.0606. The second kappa shape index (κ2) is 8.10. The van der Waals surface area contributed by atoms with Crippen LogP contribution in [0.25, 0.3) is 5.70 Å². The van der Waals surface area contributed by atoms with E-state index in [1.54, 1.807) is 18.0 Å². The molecule has 2 N–H and O–H groups in total. The zero-order valence-electron chi connectivity index (χ0n) is 15.5. The molecule has 136 valence electrons. The lowest BCUT2D eigenvalue weighted by atomic mass is 10.0. The van der Waals surface area contributed by atoms with E-state index in [0.29, 0.717) is 22.8 Å². The molecule has 0 saturated heterocycles. The number of aromatic hydroxyl groups is 1. The first kappa shape index (κ1) is 19.6. The average molecular weight is 369 g/mol. The molecule has 0 aliphatic carbocycles. The van der Waals surface area contributed by atoms with Crippen molar-refractivity contribution in [1.29, 1.82) is 0 Å². The number of benzene rings is 2. The minimum atomic E-state index is -0.0606. The molecule has 0 bridgehead atoms. The van der Waals surface area contributed by atoms with Gasteiger partial charge in [-0.3, -0.25) is 4.90 Å². The minimum absolute atomic E-state index is 0.0606. The molecule has 2 aromatic carbocycles. The van der Waals surface area contributed by atoms with Crippen LogP contribution in [0.3, 0.4) is 0 Å². The van der Waals surface area contributed by atoms with Crippen molar-refractivity contribution < 1.29 is 5.11 Å². The molecule has 5 nitrogen and oxygen atoms in total. The number of rotatable bonds is 5. The second-order valence-corrected chi connectivity index (χ2v) is 6.44. The Labute approximate surface area is 159 Å². The lowest BCUT2D eigenvalue weighted by molar-refractivity contribution is 0.473. The largest absolute Gasteiger partial charge is 0.507 e. The van der Waals surface area contributed by atoms with Gasteiger partial charge in [-0.05, 0) is 72.6 Å². The molecule has 2 aromatic rings. The van der Waals surface area contributed by atoms with Crippen LogP contribution in [0.5, 0.6) is 5.75 Å². The number of nitrogens with zero attached hydrogens (tertiary/aromatic N) is 2. The van der Waals surface area contributed by atoms with Gasteiger partial charge in [0.1, 0.15) is 11.4 Å². The zero-order chi connectivity index (χ0) is 19.4. The van der Waals surface area contributed by atoms with Crippen LogP contribution in [0, 0.1) is 18.8 Å². The van der Waals surface area contributed by atoms with Gasteiger partial charge in [-0.15, -0.1) is 4.91 Å². The second-order valence-electron chi connectivity index (χ2n) is 6.05. The summed E-state index contributed by atoms with van der Waals surface area (Å²) in [5.41, 5.74) is 5.13. The summed E-state index contributed by atoms with van der Waals surface area (Å²) >= 11 is 5.47. The molecular formula is C20H23N3O2S. The Kier molecular flexibility index (Phi) is 6.10. The molecule has 0 spiro atoms. The van der Waals surface area contributed by atoms with Crippen LogP contribution < -0.4 is 10.2 Å². The normalized spacial score (nSPS) is 10.3. The summed E-state index contributed by atoms with van der Waals surface area (Å²) in [6.45, 7) is 10.1. The van der Waals surface area contributed by atoms with Crippen LogP contribution in [0.4, 0.5) is 11.4 Å². The lowest BCUT2D eigenvalue weighted by Crippen LogP contribution is -2.36. The van der Waals surface area contributed by atoms with Crippen molar-refractivity contribution in [3.8, 4) is 5.75 Å². The standard InChI is InChI=1S/C20H23N3O2S/c1-6-15-10-17(19(24)11-18(15)22-25)14(4)23(20(26)21-5)16-8-7-12(2)13(3)9-16/h7-11,24H,4,6H2,1-3,5H3,(H,21,26). The van der Waals surface area contributed by atoms with Gasteiger partial charge in [0.25, 0.3) is 0 Å². The molecule has 26 heavy (non-hydrogen) atoms. The predicted molar refractivity (Wildman–Crippen MR) is 112 cm³/mol. The van der Waals surface area contributed by atoms with Gasteiger partial charge in [-0.25, -0.2) is 0 Å². The maximum absolute atomic E-state index is 11.0. The number of aryl methyl sites for hydroxylation is 3. The summed E-state index contributed by atoms with van der Waals surface area (Å²) in [5, 5.41) is 16.8. The summed E-state index contributed by atoms with van der Waals surface area (Å²) in [4.78, 5) is 12.7. The SMILES string of the molecule is C=C(c1cc(CC)c(N=O)cc1O)N(C(=S)NC)c1ccc(C)c(C)c1. The van der Waals surface area contributed by atoms with Crippen LogP contribution in [0.15, 0.2) is 42.1 Å². The number of phenols is 1. The summed E-state index contributed by atoms with van der Waals surface area (Å²) < 4.78 is 0. The van der Waals surface area contributed by atoms with Crippen molar-refractivity contribution in [2.24, 2.45) is 5.18 Å². The van der Waals surface area contributed by atoms with Crippen LogP contribution >= 0.6 is 12.2 Å². The van der Waals surface area contributed by atoms with E-state index in [9.17, 15) is 10.0 Å². The summed E-state index contributed by atoms with van der Waals surface area (Å²) in [6.07, 6.45) is 0.613. The van der Waals surface area contributed by atoms with Crippen LogP contribution in [0.2, 0.25) is 0 Å². The molecule has 0 unspecified atom stereocenters. The molecule has 0 saturated carbocycles. The summed E-state index contributed by atoms with van der Waals surface area (Å²) in [7, 11) is 1.74. The molecule has 0 radical (unpaired) electrons. The number of nitroso groups, excluding NO2 is 1. The van der Waals surface area contributed by atoms with Gasteiger partial charge in [0, 0.05) is 24.4 Å². The Hall–Kier alpha value is -2.73. The average Bonchev–Trinajstić information content (AvgIpc) is 2.64. The topological polar surface area (TPSA) is 64.9 Å². The fourth-order valence-corrected chi connectivity index (χ4v) is 2.93. The third-order valence-electron chi connectivity index (χ3n) is 4.42. The Bertz CT molecular complexity index is 878. The highest BCUT2D eigenvalue weighted by Crippen LogP contribution is 2.36. The first-order valence-corrected chi connectivity index (χ1v) is 8.72. The van der Waals surface area contributed by atoms with Gasteiger partial charge in [0.15, 0.2) is 5.11 Å². The number of hydrogen-bond donors (Lipinski definition) is 2. The van der Waals surface area contributed by atoms with Crippen molar-refractivity contribution in [3.63, 3.8) is 0 Å². The van der Waals surface area contributed by atoms with Crippen LogP contribution in [-0.2, 0) is 6.42 Å². The van der Waals surface area contributed by atoms with E-state index >= 15 is 0 Å². The highest BCUT2D eigenvalue weighted by atomic mass is 32.1. The predicted octanol–water partition coefficient (Wildman–Crippen LogP) is 4.95. The lowest BCUT2D eigenvalue weighted by Gasteiger charge is -2.28. The number of anilines is 1. The maximum Gasteiger partial charge on any atom is 0.177 e. The minimum Gasteiger partial charge on any atom is -0.507 e. The molecule has 6 heteroatoms. The third kappa shape index (κ3) is 3.75. The third-order valence-corrected chi connectivity index (χ3v) is 4.81. The van der Waals surface area contributed by atoms with Crippen LogP contribution in [0.1, 0.15) is 29.2 Å². The Morgan fingerprint density at radius 2 is 1.96 bits per heavy atom. The molecule has 0 aromatic heterocycles. The Balaban J connectivity index is 2.59. The van der Waals surface area contributed by atoms with E-state index in [4.69, 9.17) is 12.2 Å². The van der Waals surface area contributed by atoms with E-state index in [-0.39, 0.29) is 11.4 Å². The summed E-state index contributed by atoms with van der Waals surface area (Å²) in [6, 6.07) is 9.09. The number of thiocarbonyl (C=S) groups is 1. The van der Waals surface area contributed by atoms with E-state index in [0.717, 1.165) is 16.8 Å². The van der Waals surface area contributed by atoms with Gasteiger partial charge < -0.3 is 10.4 Å². The van der Waals surface area contributed by atoms with Crippen molar-refractivity contribution in [2.45, 2.75) is 27.2 Å². The maximum atomic E-state index is 11.0. The highest BCUT2D eigenvalue weighted by Gasteiger charge is 2.20. The monoisotopic (exact) mass is 369 g/mol. The van der Waals surface area contributed by atoms with Crippen LogP contribution in [-0.4, -0.2) is 17.3 Å². The van der Waals surface area contributed by atoms with E-state index in [1.165, 1.54) is 11.6 Å². The van der Waals surface area contributed by atoms with E-state index < -0.39 is 0 Å². The zero-order valence-corrected chi connectivity index (χ0v) is 16.3.